The summed E-state index contributed by atoms with van der Waals surface area (Å²) in [6.07, 6.45) is 0. The van der Waals surface area contributed by atoms with Gasteiger partial charge in [0.1, 0.15) is 0 Å². The van der Waals surface area contributed by atoms with Gasteiger partial charge in [-0.2, -0.15) is 0 Å². The van der Waals surface area contributed by atoms with E-state index in [4.69, 9.17) is 5.11 Å². The molecule has 1 unspecified atom stereocenters. The number of likely N-dealkylation sites (N-methyl/N-ethyl adjacent to an activating group) is 1. The van der Waals surface area contributed by atoms with Crippen molar-refractivity contribution in [1.82, 2.24) is 5.32 Å². The van der Waals surface area contributed by atoms with Gasteiger partial charge in [-0.15, -0.1) is 9.24 Å². The molecule has 0 spiro atoms. The molecule has 0 bridgehead atoms. The van der Waals surface area contributed by atoms with Gasteiger partial charge in [-0.3, -0.25) is 0 Å². The zero-order chi connectivity index (χ0) is 9.91. The van der Waals surface area contributed by atoms with Crippen molar-refractivity contribution in [2.45, 2.75) is 33.2 Å². The molecule has 0 rings (SSSR count). The van der Waals surface area contributed by atoms with Crippen LogP contribution in [0.1, 0.15) is 27.7 Å². The monoisotopic (exact) mass is 181 g/mol. The highest BCUT2D eigenvalue weighted by atomic mass is 31.0. The van der Waals surface area contributed by atoms with Crippen molar-refractivity contribution >= 4 is 9.24 Å². The molecule has 3 heteroatoms. The molecule has 0 heterocycles. The molecule has 0 aromatic carbocycles. The Morgan fingerprint density at radius 2 is 1.55 bits per heavy atom. The van der Waals surface area contributed by atoms with Crippen molar-refractivity contribution in [2.24, 2.45) is 0 Å². The van der Waals surface area contributed by atoms with E-state index in [0.717, 1.165) is 0 Å². The predicted molar refractivity (Wildman–Crippen MR) is 57.2 cm³/mol. The standard InChI is InChI=1S/C5H13NO.C2H6.CH5P/c1-5(2,4-7)6-3;2*1-2/h6-7H,4H2,1-3H3;1-2H3;2H2,1H3. The summed E-state index contributed by atoms with van der Waals surface area (Å²) in [6, 6.07) is 0. The van der Waals surface area contributed by atoms with Crippen molar-refractivity contribution in [1.29, 1.82) is 0 Å². The Bertz CT molecular complexity index is 52.1. The van der Waals surface area contributed by atoms with E-state index in [0.29, 0.717) is 0 Å². The molecule has 1 atom stereocenters. The van der Waals surface area contributed by atoms with Crippen LogP contribution in [0.2, 0.25) is 0 Å². The smallest absolute Gasteiger partial charge is 0.0607 e. The summed E-state index contributed by atoms with van der Waals surface area (Å²) in [5.41, 5.74) is -0.111. The average Bonchev–Trinajstić information content (AvgIpc) is 2.12. The maximum Gasteiger partial charge on any atom is 0.0607 e. The van der Waals surface area contributed by atoms with Crippen LogP contribution in [0.25, 0.3) is 0 Å². The third-order valence-electron chi connectivity index (χ3n) is 1.07. The molecule has 0 aliphatic rings. The summed E-state index contributed by atoms with van der Waals surface area (Å²) >= 11 is 0. The van der Waals surface area contributed by atoms with Crippen LogP contribution in [-0.2, 0) is 0 Å². The lowest BCUT2D eigenvalue weighted by molar-refractivity contribution is 0.197. The van der Waals surface area contributed by atoms with Gasteiger partial charge in [0, 0.05) is 5.54 Å². The first-order chi connectivity index (χ1) is 5.12. The number of rotatable bonds is 2. The van der Waals surface area contributed by atoms with Crippen molar-refractivity contribution in [3.8, 4) is 0 Å². The van der Waals surface area contributed by atoms with E-state index in [1.807, 2.05) is 41.4 Å². The first-order valence-corrected chi connectivity index (χ1v) is 5.15. The Hall–Kier alpha value is 0.350. The molecule has 0 aliphatic heterocycles. The minimum absolute atomic E-state index is 0.111. The molecule has 0 amide bonds. The molecular weight excluding hydrogens is 157 g/mol. The van der Waals surface area contributed by atoms with Gasteiger partial charge in [0.2, 0.25) is 0 Å². The Morgan fingerprint density at radius 3 is 1.55 bits per heavy atom. The number of hydrogen-bond acceptors (Lipinski definition) is 2. The van der Waals surface area contributed by atoms with E-state index in [-0.39, 0.29) is 12.1 Å². The lowest BCUT2D eigenvalue weighted by atomic mass is 10.1. The van der Waals surface area contributed by atoms with Gasteiger partial charge >= 0.3 is 0 Å². The molecule has 0 radical (unpaired) electrons. The van der Waals surface area contributed by atoms with Crippen LogP contribution in [0.5, 0.6) is 0 Å². The number of aliphatic hydroxyl groups excluding tert-OH is 1. The van der Waals surface area contributed by atoms with Crippen LogP contribution in [0.15, 0.2) is 0 Å². The minimum atomic E-state index is -0.111. The highest BCUT2D eigenvalue weighted by molar-refractivity contribution is 7.15. The quantitative estimate of drug-likeness (QED) is 0.633. The van der Waals surface area contributed by atoms with E-state index in [1.54, 1.807) is 0 Å². The third kappa shape index (κ3) is 17.9. The molecule has 0 aromatic heterocycles. The first kappa shape index (κ1) is 17.4. The molecular formula is C8H24NOP. The Morgan fingerprint density at radius 1 is 1.27 bits per heavy atom. The number of aliphatic hydroxyl groups is 1. The molecule has 0 aromatic rings. The van der Waals surface area contributed by atoms with Crippen molar-refractivity contribution in [3.63, 3.8) is 0 Å². The van der Waals surface area contributed by atoms with Crippen LogP contribution in [0, 0.1) is 0 Å². The lowest BCUT2D eigenvalue weighted by Crippen LogP contribution is -2.39. The van der Waals surface area contributed by atoms with Gasteiger partial charge in [-0.1, -0.05) is 20.5 Å². The Balaban J connectivity index is -0.000000138. The van der Waals surface area contributed by atoms with Crippen LogP contribution >= 0.6 is 9.24 Å². The summed E-state index contributed by atoms with van der Waals surface area (Å²) in [6.45, 7) is 9.98. The second-order valence-corrected chi connectivity index (χ2v) is 2.29. The fourth-order valence-electron chi connectivity index (χ4n) is 0.0791. The normalized spacial score (nSPS) is 8.73. The van der Waals surface area contributed by atoms with Crippen LogP contribution in [0.4, 0.5) is 0 Å². The molecule has 0 aliphatic carbocycles. The average molecular weight is 181 g/mol. The van der Waals surface area contributed by atoms with E-state index in [1.165, 1.54) is 0 Å². The van der Waals surface area contributed by atoms with E-state index in [2.05, 4.69) is 14.6 Å². The van der Waals surface area contributed by atoms with Crippen LogP contribution in [-0.4, -0.2) is 31.0 Å². The highest BCUT2D eigenvalue weighted by Crippen LogP contribution is 1.95. The van der Waals surface area contributed by atoms with E-state index < -0.39 is 0 Å². The maximum atomic E-state index is 8.53. The molecule has 0 fully saturated rings. The molecule has 2 nitrogen and oxygen atoms in total. The van der Waals surface area contributed by atoms with Crippen molar-refractivity contribution < 1.29 is 5.11 Å². The van der Waals surface area contributed by atoms with Crippen LogP contribution in [0.3, 0.4) is 0 Å². The second-order valence-electron chi connectivity index (χ2n) is 2.29. The first-order valence-electron chi connectivity index (χ1n) is 4.00. The van der Waals surface area contributed by atoms with Gasteiger partial charge in [0.25, 0.3) is 0 Å². The largest absolute Gasteiger partial charge is 0.394 e. The van der Waals surface area contributed by atoms with Crippen molar-refractivity contribution in [2.75, 3.05) is 20.3 Å². The zero-order valence-electron chi connectivity index (χ0n) is 8.73. The summed E-state index contributed by atoms with van der Waals surface area (Å²) in [4.78, 5) is 0. The maximum absolute atomic E-state index is 8.53. The summed E-state index contributed by atoms with van der Waals surface area (Å²) in [5, 5.41) is 11.5. The fraction of sp³-hybridized carbons (Fsp3) is 1.00. The Labute approximate surface area is 74.0 Å². The summed E-state index contributed by atoms with van der Waals surface area (Å²) in [5.74, 6) is 0. The number of hydrogen-bond donors (Lipinski definition) is 2. The lowest BCUT2D eigenvalue weighted by Gasteiger charge is -2.19. The minimum Gasteiger partial charge on any atom is -0.394 e. The zero-order valence-corrected chi connectivity index (χ0v) is 9.89. The van der Waals surface area contributed by atoms with Gasteiger partial charge in [0.15, 0.2) is 0 Å². The van der Waals surface area contributed by atoms with Gasteiger partial charge in [0.05, 0.1) is 6.61 Å². The van der Waals surface area contributed by atoms with Gasteiger partial charge in [-0.25, -0.2) is 0 Å². The SMILES string of the molecule is CC.CNC(C)(C)CO.CP. The number of nitrogens with one attached hydrogen (secondary N) is 1. The Kier molecular flexibility index (Phi) is 20.6. The molecule has 0 saturated heterocycles. The fourth-order valence-corrected chi connectivity index (χ4v) is 0.0791. The molecule has 2 N–H and O–H groups in total. The summed E-state index contributed by atoms with van der Waals surface area (Å²) < 4.78 is 0. The van der Waals surface area contributed by atoms with Gasteiger partial charge in [-0.05, 0) is 20.9 Å². The highest BCUT2D eigenvalue weighted by Gasteiger charge is 2.10. The van der Waals surface area contributed by atoms with Gasteiger partial charge < -0.3 is 10.4 Å². The van der Waals surface area contributed by atoms with E-state index in [9.17, 15) is 0 Å². The van der Waals surface area contributed by atoms with Crippen molar-refractivity contribution in [3.05, 3.63) is 0 Å². The molecule has 72 valence electrons. The molecule has 11 heavy (non-hydrogen) atoms. The van der Waals surface area contributed by atoms with Crippen LogP contribution < -0.4 is 5.32 Å². The topological polar surface area (TPSA) is 32.3 Å². The molecule has 0 saturated carbocycles. The third-order valence-corrected chi connectivity index (χ3v) is 1.07. The second kappa shape index (κ2) is 13.0. The predicted octanol–water partition coefficient (Wildman–Crippen LogP) is 1.49. The summed E-state index contributed by atoms with van der Waals surface area (Å²) in [7, 11) is 4.25. The van der Waals surface area contributed by atoms with E-state index >= 15 is 0 Å².